The fraction of sp³-hybridized carbons (Fsp3) is 0.105. The van der Waals surface area contributed by atoms with Gasteiger partial charge in [-0.2, -0.15) is 10.2 Å². The van der Waals surface area contributed by atoms with E-state index in [1.165, 1.54) is 16.8 Å². The summed E-state index contributed by atoms with van der Waals surface area (Å²) in [7, 11) is 3.54. The molecule has 0 unspecified atom stereocenters. The molecule has 0 aliphatic heterocycles. The van der Waals surface area contributed by atoms with E-state index in [9.17, 15) is 9.18 Å². The van der Waals surface area contributed by atoms with E-state index in [4.69, 9.17) is 0 Å². The van der Waals surface area contributed by atoms with Crippen LogP contribution in [0.1, 0.15) is 10.4 Å². The second-order valence-corrected chi connectivity index (χ2v) is 6.02. The van der Waals surface area contributed by atoms with E-state index in [0.29, 0.717) is 22.6 Å². The lowest BCUT2D eigenvalue weighted by atomic mass is 10.1. The lowest BCUT2D eigenvalue weighted by molar-refractivity contribution is 0.102. The van der Waals surface area contributed by atoms with Crippen molar-refractivity contribution in [3.8, 4) is 11.3 Å². The molecule has 0 saturated carbocycles. The number of hydrogen-bond acceptors (Lipinski definition) is 3. The number of aryl methyl sites for hydroxylation is 2. The van der Waals surface area contributed by atoms with Crippen LogP contribution in [0.2, 0.25) is 0 Å². The number of benzene rings is 2. The van der Waals surface area contributed by atoms with Crippen LogP contribution in [-0.2, 0) is 14.1 Å². The molecule has 1 N–H and O–H groups in total. The Kier molecular flexibility index (Phi) is 3.76. The van der Waals surface area contributed by atoms with E-state index in [-0.39, 0.29) is 11.7 Å². The number of hydrogen-bond donors (Lipinski definition) is 1. The molecule has 0 aliphatic rings. The molecule has 0 atom stereocenters. The molecule has 2 heterocycles. The van der Waals surface area contributed by atoms with Gasteiger partial charge in [-0.3, -0.25) is 14.2 Å². The third kappa shape index (κ3) is 2.73. The van der Waals surface area contributed by atoms with Gasteiger partial charge in [-0.1, -0.05) is 24.3 Å². The number of halogens is 1. The summed E-state index contributed by atoms with van der Waals surface area (Å²) in [6.07, 6.45) is 1.61. The molecule has 0 aliphatic carbocycles. The van der Waals surface area contributed by atoms with Crippen LogP contribution in [0.4, 0.5) is 10.2 Å². The predicted octanol–water partition coefficient (Wildman–Crippen LogP) is 3.37. The maximum Gasteiger partial charge on any atom is 0.260 e. The molecule has 4 aromatic rings. The number of anilines is 1. The molecule has 2 aromatic heterocycles. The summed E-state index contributed by atoms with van der Waals surface area (Å²) in [5, 5.41) is 12.4. The summed E-state index contributed by atoms with van der Waals surface area (Å²) in [6.45, 7) is 0. The first-order valence-electron chi connectivity index (χ1n) is 8.05. The number of carbonyl (C=O) groups is 1. The summed E-state index contributed by atoms with van der Waals surface area (Å²) >= 11 is 0. The van der Waals surface area contributed by atoms with Gasteiger partial charge in [0.1, 0.15) is 11.5 Å². The number of nitrogens with one attached hydrogen (secondary N) is 1. The highest BCUT2D eigenvalue weighted by Crippen LogP contribution is 2.26. The second-order valence-electron chi connectivity index (χ2n) is 6.02. The number of amides is 1. The Morgan fingerprint density at radius 1 is 1.08 bits per heavy atom. The van der Waals surface area contributed by atoms with Crippen molar-refractivity contribution in [1.82, 2.24) is 19.6 Å². The van der Waals surface area contributed by atoms with Crippen LogP contribution in [0, 0.1) is 5.82 Å². The minimum atomic E-state index is -0.379. The van der Waals surface area contributed by atoms with Gasteiger partial charge in [0, 0.05) is 31.2 Å². The average molecular weight is 349 g/mol. The van der Waals surface area contributed by atoms with Gasteiger partial charge in [-0.25, -0.2) is 4.39 Å². The Bertz CT molecular complexity index is 1130. The summed E-state index contributed by atoms with van der Waals surface area (Å²) in [5.41, 5.74) is 2.23. The highest BCUT2D eigenvalue weighted by Gasteiger charge is 2.19. The van der Waals surface area contributed by atoms with Crippen LogP contribution in [0.5, 0.6) is 0 Å². The van der Waals surface area contributed by atoms with E-state index in [2.05, 4.69) is 15.5 Å². The van der Waals surface area contributed by atoms with Crippen LogP contribution in [0.15, 0.2) is 54.7 Å². The van der Waals surface area contributed by atoms with Crippen molar-refractivity contribution in [1.29, 1.82) is 0 Å². The lowest BCUT2D eigenvalue weighted by Gasteiger charge is -2.04. The van der Waals surface area contributed by atoms with Crippen molar-refractivity contribution in [3.05, 3.63) is 66.1 Å². The van der Waals surface area contributed by atoms with E-state index in [1.54, 1.807) is 30.1 Å². The smallest absolute Gasteiger partial charge is 0.260 e. The van der Waals surface area contributed by atoms with Gasteiger partial charge in [-0.05, 0) is 24.3 Å². The highest BCUT2D eigenvalue weighted by atomic mass is 19.1. The average Bonchev–Trinajstić information content (AvgIpc) is 3.16. The van der Waals surface area contributed by atoms with Crippen molar-refractivity contribution in [3.63, 3.8) is 0 Å². The quantitative estimate of drug-likeness (QED) is 0.617. The standard InChI is InChI=1S/C19H16FN5O/c1-24-11-15(17(22-24)12-6-5-7-13(20)10-12)19(26)21-18-14-8-3-4-9-16(14)25(2)23-18/h3-11H,1-2H3,(H,21,23,26). The van der Waals surface area contributed by atoms with Crippen molar-refractivity contribution < 1.29 is 9.18 Å². The number of carbonyl (C=O) groups excluding carboxylic acids is 1. The molecule has 0 spiro atoms. The zero-order valence-electron chi connectivity index (χ0n) is 14.3. The molecule has 26 heavy (non-hydrogen) atoms. The lowest BCUT2D eigenvalue weighted by Crippen LogP contribution is -2.13. The molecular weight excluding hydrogens is 333 g/mol. The van der Waals surface area contributed by atoms with Gasteiger partial charge in [0.2, 0.25) is 0 Å². The van der Waals surface area contributed by atoms with Gasteiger partial charge in [0.25, 0.3) is 5.91 Å². The Morgan fingerprint density at radius 2 is 1.88 bits per heavy atom. The Hall–Kier alpha value is -3.48. The number of para-hydroxylation sites is 1. The van der Waals surface area contributed by atoms with Gasteiger partial charge in [-0.15, -0.1) is 0 Å². The minimum absolute atomic E-state index is 0.346. The SMILES string of the molecule is Cn1cc(C(=O)Nc2nn(C)c3ccccc23)c(-c2cccc(F)c2)n1. The number of rotatable bonds is 3. The molecule has 0 radical (unpaired) electrons. The Labute approximate surface area is 148 Å². The highest BCUT2D eigenvalue weighted by molar-refractivity contribution is 6.10. The fourth-order valence-corrected chi connectivity index (χ4v) is 2.98. The topological polar surface area (TPSA) is 64.7 Å². The summed E-state index contributed by atoms with van der Waals surface area (Å²) in [5.74, 6) is -0.251. The van der Waals surface area contributed by atoms with Crippen molar-refractivity contribution in [2.75, 3.05) is 5.32 Å². The molecule has 0 fully saturated rings. The first-order valence-corrected chi connectivity index (χ1v) is 8.05. The monoisotopic (exact) mass is 349 g/mol. The normalized spacial score (nSPS) is 11.0. The molecular formula is C19H16FN5O. The van der Waals surface area contributed by atoms with E-state index in [1.807, 2.05) is 31.3 Å². The summed E-state index contributed by atoms with van der Waals surface area (Å²) < 4.78 is 16.8. The van der Waals surface area contributed by atoms with Gasteiger partial charge in [0.05, 0.1) is 11.1 Å². The van der Waals surface area contributed by atoms with Crippen molar-refractivity contribution in [2.45, 2.75) is 0 Å². The Balaban J connectivity index is 1.73. The first kappa shape index (κ1) is 16.0. The molecule has 130 valence electrons. The van der Waals surface area contributed by atoms with Crippen molar-refractivity contribution in [2.24, 2.45) is 14.1 Å². The maximum atomic E-state index is 13.6. The predicted molar refractivity (Wildman–Crippen MR) is 97.3 cm³/mol. The molecule has 6 nitrogen and oxygen atoms in total. The maximum absolute atomic E-state index is 13.6. The first-order chi connectivity index (χ1) is 12.5. The molecule has 0 saturated heterocycles. The summed E-state index contributed by atoms with van der Waals surface area (Å²) in [4.78, 5) is 12.9. The van der Waals surface area contributed by atoms with Crippen LogP contribution >= 0.6 is 0 Å². The molecule has 0 bridgehead atoms. The van der Waals surface area contributed by atoms with E-state index >= 15 is 0 Å². The van der Waals surface area contributed by atoms with Gasteiger partial charge in [0.15, 0.2) is 5.82 Å². The van der Waals surface area contributed by atoms with Gasteiger partial charge >= 0.3 is 0 Å². The zero-order valence-corrected chi connectivity index (χ0v) is 14.3. The molecule has 7 heteroatoms. The van der Waals surface area contributed by atoms with E-state index < -0.39 is 0 Å². The number of aromatic nitrogens is 4. The molecule has 4 rings (SSSR count). The minimum Gasteiger partial charge on any atom is -0.304 e. The second kappa shape index (κ2) is 6.11. The fourth-order valence-electron chi connectivity index (χ4n) is 2.98. The molecule has 1 amide bonds. The van der Waals surface area contributed by atoms with Gasteiger partial charge < -0.3 is 5.32 Å². The van der Waals surface area contributed by atoms with Crippen LogP contribution in [-0.4, -0.2) is 25.5 Å². The molecule has 2 aromatic carbocycles. The van der Waals surface area contributed by atoms with Crippen LogP contribution in [0.3, 0.4) is 0 Å². The van der Waals surface area contributed by atoms with Crippen LogP contribution < -0.4 is 5.32 Å². The van der Waals surface area contributed by atoms with E-state index in [0.717, 1.165) is 10.9 Å². The van der Waals surface area contributed by atoms with Crippen LogP contribution in [0.25, 0.3) is 22.2 Å². The Morgan fingerprint density at radius 3 is 2.69 bits per heavy atom. The largest absolute Gasteiger partial charge is 0.304 e. The van der Waals surface area contributed by atoms with Crippen molar-refractivity contribution >= 4 is 22.6 Å². The summed E-state index contributed by atoms with van der Waals surface area (Å²) in [6, 6.07) is 13.7. The third-order valence-corrected chi connectivity index (χ3v) is 4.16. The number of nitrogens with zero attached hydrogens (tertiary/aromatic N) is 4. The zero-order chi connectivity index (χ0) is 18.3. The number of fused-ring (bicyclic) bond motifs is 1. The third-order valence-electron chi connectivity index (χ3n) is 4.16.